The van der Waals surface area contributed by atoms with E-state index in [4.69, 9.17) is 0 Å². The van der Waals surface area contributed by atoms with Gasteiger partial charge in [-0.25, -0.2) is 4.98 Å². The van der Waals surface area contributed by atoms with Crippen molar-refractivity contribution in [1.82, 2.24) is 15.0 Å². The van der Waals surface area contributed by atoms with Gasteiger partial charge in [-0.05, 0) is 35.4 Å². The molecule has 5 heteroatoms. The van der Waals surface area contributed by atoms with E-state index in [-0.39, 0.29) is 5.56 Å². The van der Waals surface area contributed by atoms with Crippen molar-refractivity contribution in [3.05, 3.63) is 52.9 Å². The zero-order chi connectivity index (χ0) is 17.4. The Kier molecular flexibility index (Phi) is 3.99. The summed E-state index contributed by atoms with van der Waals surface area (Å²) < 4.78 is 0. The van der Waals surface area contributed by atoms with Crippen LogP contribution in [-0.2, 0) is 0 Å². The number of H-pyrrole nitrogens is 1. The van der Waals surface area contributed by atoms with Gasteiger partial charge in [0.05, 0.1) is 5.39 Å². The summed E-state index contributed by atoms with van der Waals surface area (Å²) >= 11 is 0. The minimum atomic E-state index is -0.127. The molecule has 5 nitrogen and oxygen atoms in total. The van der Waals surface area contributed by atoms with Gasteiger partial charge < -0.3 is 4.90 Å². The van der Waals surface area contributed by atoms with Crippen molar-refractivity contribution in [2.24, 2.45) is 11.8 Å². The average molecular weight is 334 g/mol. The van der Waals surface area contributed by atoms with Gasteiger partial charge in [0.15, 0.2) is 5.65 Å². The first-order valence-corrected chi connectivity index (χ1v) is 8.81. The lowest BCUT2D eigenvalue weighted by atomic mass is 9.92. The standard InChI is InChI=1S/C20H22N4O/c1-13-10-14(2)12-24(11-13)20-22-18-17(19(25)23-20)16(8-9-21-18)15-6-4-3-5-7-15/h3-9,13-14H,10-12H2,1-2H3,(H,21,22,23,25). The van der Waals surface area contributed by atoms with Crippen LogP contribution >= 0.6 is 0 Å². The maximum Gasteiger partial charge on any atom is 0.262 e. The van der Waals surface area contributed by atoms with Gasteiger partial charge in [-0.3, -0.25) is 9.78 Å². The van der Waals surface area contributed by atoms with E-state index < -0.39 is 0 Å². The van der Waals surface area contributed by atoms with Crippen LogP contribution in [0.15, 0.2) is 47.4 Å². The number of nitrogens with zero attached hydrogens (tertiary/aromatic N) is 3. The van der Waals surface area contributed by atoms with Crippen LogP contribution in [0.1, 0.15) is 20.3 Å². The highest BCUT2D eigenvalue weighted by Crippen LogP contribution is 2.27. The minimum Gasteiger partial charge on any atom is -0.342 e. The molecule has 0 amide bonds. The van der Waals surface area contributed by atoms with Crippen molar-refractivity contribution >= 4 is 17.0 Å². The van der Waals surface area contributed by atoms with Crippen molar-refractivity contribution < 1.29 is 0 Å². The third-order valence-corrected chi connectivity index (χ3v) is 4.85. The second-order valence-corrected chi connectivity index (χ2v) is 7.16. The summed E-state index contributed by atoms with van der Waals surface area (Å²) in [4.78, 5) is 27.0. The Morgan fingerprint density at radius 3 is 2.52 bits per heavy atom. The predicted molar refractivity (Wildman–Crippen MR) is 101 cm³/mol. The molecule has 1 aliphatic rings. The van der Waals surface area contributed by atoms with Crippen LogP contribution in [0.25, 0.3) is 22.2 Å². The molecule has 3 heterocycles. The number of benzene rings is 1. The van der Waals surface area contributed by atoms with Crippen LogP contribution in [0, 0.1) is 11.8 Å². The summed E-state index contributed by atoms with van der Waals surface area (Å²) in [5.74, 6) is 1.82. The fourth-order valence-corrected chi connectivity index (χ4v) is 3.90. The van der Waals surface area contributed by atoms with Crippen LogP contribution in [0.2, 0.25) is 0 Å². The van der Waals surface area contributed by atoms with Crippen LogP contribution in [-0.4, -0.2) is 28.0 Å². The first kappa shape index (κ1) is 15.8. The fourth-order valence-electron chi connectivity index (χ4n) is 3.90. The van der Waals surface area contributed by atoms with Crippen molar-refractivity contribution in [1.29, 1.82) is 0 Å². The summed E-state index contributed by atoms with van der Waals surface area (Å²) in [5.41, 5.74) is 2.24. The molecule has 128 valence electrons. The Balaban J connectivity index is 1.83. The quantitative estimate of drug-likeness (QED) is 0.779. The Morgan fingerprint density at radius 2 is 1.80 bits per heavy atom. The van der Waals surface area contributed by atoms with E-state index >= 15 is 0 Å². The molecule has 1 N–H and O–H groups in total. The first-order valence-electron chi connectivity index (χ1n) is 8.81. The number of nitrogens with one attached hydrogen (secondary N) is 1. The molecule has 1 aromatic carbocycles. The third-order valence-electron chi connectivity index (χ3n) is 4.85. The molecule has 0 aliphatic carbocycles. The highest BCUT2D eigenvalue weighted by molar-refractivity contribution is 5.92. The first-order chi connectivity index (χ1) is 12.1. The minimum absolute atomic E-state index is 0.127. The number of aromatic nitrogens is 3. The lowest BCUT2D eigenvalue weighted by molar-refractivity contribution is 0.353. The van der Waals surface area contributed by atoms with Gasteiger partial charge in [-0.1, -0.05) is 44.2 Å². The van der Waals surface area contributed by atoms with Gasteiger partial charge in [-0.2, -0.15) is 4.98 Å². The van der Waals surface area contributed by atoms with Gasteiger partial charge in [0.1, 0.15) is 0 Å². The number of aromatic amines is 1. The zero-order valence-corrected chi connectivity index (χ0v) is 14.6. The highest BCUT2D eigenvalue weighted by Gasteiger charge is 2.24. The van der Waals surface area contributed by atoms with Gasteiger partial charge in [-0.15, -0.1) is 0 Å². The highest BCUT2D eigenvalue weighted by atomic mass is 16.1. The van der Waals surface area contributed by atoms with Crippen LogP contribution in [0.4, 0.5) is 5.95 Å². The largest absolute Gasteiger partial charge is 0.342 e. The molecule has 2 atom stereocenters. The number of piperidine rings is 1. The van der Waals surface area contributed by atoms with E-state index in [1.165, 1.54) is 6.42 Å². The van der Waals surface area contributed by atoms with E-state index in [0.29, 0.717) is 28.8 Å². The molecule has 0 bridgehead atoms. The van der Waals surface area contributed by atoms with Gasteiger partial charge in [0.25, 0.3) is 5.56 Å². The van der Waals surface area contributed by atoms with Crippen molar-refractivity contribution in [3.63, 3.8) is 0 Å². The average Bonchev–Trinajstić information content (AvgIpc) is 2.61. The topological polar surface area (TPSA) is 61.9 Å². The molecule has 1 saturated heterocycles. The number of hydrogen-bond acceptors (Lipinski definition) is 4. The molecule has 2 aromatic heterocycles. The van der Waals surface area contributed by atoms with E-state index in [9.17, 15) is 4.79 Å². The number of pyridine rings is 1. The Hall–Kier alpha value is -2.69. The maximum absolute atomic E-state index is 12.8. The lowest BCUT2D eigenvalue weighted by Crippen LogP contribution is -2.40. The van der Waals surface area contributed by atoms with Gasteiger partial charge >= 0.3 is 0 Å². The molecule has 0 spiro atoms. The van der Waals surface area contributed by atoms with Crippen LogP contribution < -0.4 is 10.5 Å². The van der Waals surface area contributed by atoms with Crippen molar-refractivity contribution in [2.45, 2.75) is 20.3 Å². The normalized spacial score (nSPS) is 20.8. The molecule has 1 aliphatic heterocycles. The van der Waals surface area contributed by atoms with Gasteiger partial charge in [0, 0.05) is 19.3 Å². The summed E-state index contributed by atoms with van der Waals surface area (Å²) in [6.07, 6.45) is 2.94. The van der Waals surface area contributed by atoms with Gasteiger partial charge in [0.2, 0.25) is 5.95 Å². The molecule has 2 unspecified atom stereocenters. The van der Waals surface area contributed by atoms with E-state index in [0.717, 1.165) is 24.2 Å². The molecule has 25 heavy (non-hydrogen) atoms. The Labute approximate surface area is 146 Å². The molecule has 3 aromatic rings. The van der Waals surface area contributed by atoms with Crippen LogP contribution in [0.3, 0.4) is 0 Å². The summed E-state index contributed by atoms with van der Waals surface area (Å²) in [5, 5.41) is 0.551. The molecule has 4 rings (SSSR count). The van der Waals surface area contributed by atoms with E-state index in [2.05, 4.69) is 33.7 Å². The molecule has 0 saturated carbocycles. The number of fused-ring (bicyclic) bond motifs is 1. The van der Waals surface area contributed by atoms with Crippen molar-refractivity contribution in [3.8, 4) is 11.1 Å². The SMILES string of the molecule is CC1CC(C)CN(c2nc3nccc(-c4ccccc4)c3c(=O)[nH]2)C1. The molecule has 0 radical (unpaired) electrons. The Morgan fingerprint density at radius 1 is 1.08 bits per heavy atom. The maximum atomic E-state index is 12.8. The summed E-state index contributed by atoms with van der Waals surface area (Å²) in [6.45, 7) is 6.31. The number of anilines is 1. The second kappa shape index (κ2) is 6.31. The predicted octanol–water partition coefficient (Wildman–Crippen LogP) is 3.47. The summed E-state index contributed by atoms with van der Waals surface area (Å²) in [7, 11) is 0. The second-order valence-electron chi connectivity index (χ2n) is 7.16. The molecular weight excluding hydrogens is 312 g/mol. The zero-order valence-electron chi connectivity index (χ0n) is 14.6. The van der Waals surface area contributed by atoms with E-state index in [1.807, 2.05) is 36.4 Å². The summed E-state index contributed by atoms with van der Waals surface area (Å²) in [6, 6.07) is 11.8. The lowest BCUT2D eigenvalue weighted by Gasteiger charge is -2.35. The van der Waals surface area contributed by atoms with E-state index in [1.54, 1.807) is 6.20 Å². The number of hydrogen-bond donors (Lipinski definition) is 1. The smallest absolute Gasteiger partial charge is 0.262 e. The monoisotopic (exact) mass is 334 g/mol. The Bertz CT molecular complexity index is 941. The third kappa shape index (κ3) is 3.02. The van der Waals surface area contributed by atoms with Crippen molar-refractivity contribution in [2.75, 3.05) is 18.0 Å². The molecule has 1 fully saturated rings. The molecular formula is C20H22N4O. The number of rotatable bonds is 2. The fraction of sp³-hybridized carbons (Fsp3) is 0.350. The van der Waals surface area contributed by atoms with Crippen LogP contribution in [0.5, 0.6) is 0 Å².